The van der Waals surface area contributed by atoms with Crippen LogP contribution in [0.3, 0.4) is 0 Å². The predicted molar refractivity (Wildman–Crippen MR) is 180 cm³/mol. The van der Waals surface area contributed by atoms with E-state index in [4.69, 9.17) is 15.8 Å². The van der Waals surface area contributed by atoms with Crippen LogP contribution in [0.1, 0.15) is 0 Å². The van der Waals surface area contributed by atoms with Crippen molar-refractivity contribution in [1.29, 1.82) is 0 Å². The van der Waals surface area contributed by atoms with Crippen molar-refractivity contribution >= 4 is 104 Å². The van der Waals surface area contributed by atoms with Gasteiger partial charge in [-0.05, 0) is 59.5 Å². The monoisotopic (exact) mass is 923 g/mol. The van der Waals surface area contributed by atoms with Gasteiger partial charge in [-0.25, -0.2) is 33.7 Å². The molecular formula is C25H21ClN7Na3O15S5. The molecule has 0 atom stereocenters. The number of azo groups is 1. The minimum atomic E-state index is -5.50. The van der Waals surface area contributed by atoms with Gasteiger partial charge in [0, 0.05) is 17.8 Å². The fourth-order valence-corrected chi connectivity index (χ4v) is 7.71. The summed E-state index contributed by atoms with van der Waals surface area (Å²) in [7, 11) is -17.3. The summed E-state index contributed by atoms with van der Waals surface area (Å²) in [6.45, 7) is 2.81. The number of sulfone groups is 2. The van der Waals surface area contributed by atoms with Gasteiger partial charge in [0.15, 0.2) is 37.7 Å². The van der Waals surface area contributed by atoms with E-state index in [1.54, 1.807) is 0 Å². The Labute approximate surface area is 395 Å². The molecule has 1 aromatic heterocycles. The molecule has 0 amide bonds. The number of nitrogens with zero attached hydrogens (tertiary/aromatic N) is 6. The minimum Gasteiger partial charge on any atom is -0.744 e. The normalized spacial score (nSPS) is 12.0. The Morgan fingerprint density at radius 2 is 1.59 bits per heavy atom. The number of fused-ring (bicyclic) bond motifs is 1. The van der Waals surface area contributed by atoms with Gasteiger partial charge in [0.2, 0.25) is 17.2 Å². The van der Waals surface area contributed by atoms with Gasteiger partial charge in [-0.1, -0.05) is 6.58 Å². The van der Waals surface area contributed by atoms with Crippen molar-refractivity contribution in [2.24, 2.45) is 10.2 Å². The molecule has 0 bridgehead atoms. The van der Waals surface area contributed by atoms with E-state index in [1.807, 2.05) is 0 Å². The summed E-state index contributed by atoms with van der Waals surface area (Å²) in [5.41, 5.74) is -1.53. The summed E-state index contributed by atoms with van der Waals surface area (Å²) in [6.07, 6.45) is 0. The molecule has 31 heteroatoms. The molecule has 0 aliphatic carbocycles. The van der Waals surface area contributed by atoms with Gasteiger partial charge in [-0.3, -0.25) is 9.22 Å². The molecule has 2 N–H and O–H groups in total. The van der Waals surface area contributed by atoms with Gasteiger partial charge in [0.05, 0.1) is 38.4 Å². The minimum absolute atomic E-state index is 0. The third kappa shape index (κ3) is 14.3. The Kier molecular flexibility index (Phi) is 20.7. The Morgan fingerprint density at radius 1 is 0.946 bits per heavy atom. The number of aromatic nitrogens is 3. The van der Waals surface area contributed by atoms with Crippen LogP contribution in [0.15, 0.2) is 79.4 Å². The largest absolute Gasteiger partial charge is 1.00 e. The van der Waals surface area contributed by atoms with E-state index >= 15 is 0 Å². The molecule has 0 aliphatic heterocycles. The molecule has 56 heavy (non-hydrogen) atoms. The maximum absolute atomic E-state index is 12.5. The fraction of sp³-hybridized carbons (Fsp3) is 0.160. The molecule has 0 aliphatic rings. The molecular weight excluding hydrogens is 903 g/mol. The zero-order valence-electron chi connectivity index (χ0n) is 29.2. The number of nitrogens with one attached hydrogen (secondary N) is 1. The van der Waals surface area contributed by atoms with Crippen molar-refractivity contribution in [3.63, 3.8) is 0 Å². The molecule has 22 nitrogen and oxygen atoms in total. The Bertz CT molecular complexity index is 2540. The van der Waals surface area contributed by atoms with E-state index < -0.39 is 107 Å². The molecule has 0 spiro atoms. The third-order valence-corrected chi connectivity index (χ3v) is 11.6. The number of anilines is 3. The Morgan fingerprint density at radius 3 is 2.16 bits per heavy atom. The molecule has 4 aromatic rings. The van der Waals surface area contributed by atoms with E-state index in [1.165, 1.54) is 7.05 Å². The smallest absolute Gasteiger partial charge is 0.744 e. The van der Waals surface area contributed by atoms with E-state index in [-0.39, 0.29) is 118 Å². The third-order valence-electron chi connectivity index (χ3n) is 6.49. The second-order valence-corrected chi connectivity index (χ2v) is 17.7. The first kappa shape index (κ1) is 52.9. The SMILES string of the molecule is C=CS(=O)(=O)CN(C)c1nc(Cl)nc(Nc2cc(S(=O)(=O)[O-])cc3cc(S(=O)(=O)[O-])c(N=Nc4ccc(S(=O)(=O)CCOSOO[O-])cc4)c(O)c23)n1.[Na+].[Na+].[Na+]. The van der Waals surface area contributed by atoms with Crippen LogP contribution >= 0.6 is 23.9 Å². The second kappa shape index (κ2) is 21.9. The van der Waals surface area contributed by atoms with E-state index in [0.717, 1.165) is 29.2 Å². The fourth-order valence-electron chi connectivity index (χ4n) is 4.21. The number of aromatic hydroxyl groups is 1. The summed E-state index contributed by atoms with van der Waals surface area (Å²) >= 11 is 6.12. The van der Waals surface area contributed by atoms with Crippen molar-refractivity contribution in [2.75, 3.05) is 35.5 Å². The number of hydrogen-bond donors (Lipinski definition) is 2. The number of phenolic OH excluding ortho intramolecular Hbond substituents is 1. The van der Waals surface area contributed by atoms with E-state index in [9.17, 15) is 53.1 Å². The summed E-state index contributed by atoms with van der Waals surface area (Å²) < 4.78 is 131. The molecule has 286 valence electrons. The van der Waals surface area contributed by atoms with Gasteiger partial charge in [-0.15, -0.1) is 9.45 Å². The Hall–Kier alpha value is -1.13. The van der Waals surface area contributed by atoms with Crippen molar-refractivity contribution in [3.05, 3.63) is 59.7 Å². The summed E-state index contributed by atoms with van der Waals surface area (Å²) in [6, 6.07) is 6.49. The van der Waals surface area contributed by atoms with E-state index in [2.05, 4.69) is 46.4 Å². The van der Waals surface area contributed by atoms with Crippen molar-refractivity contribution in [1.82, 2.24) is 15.0 Å². The number of rotatable bonds is 17. The summed E-state index contributed by atoms with van der Waals surface area (Å²) in [5, 5.41) is 33.4. The molecule has 0 saturated carbocycles. The van der Waals surface area contributed by atoms with Crippen LogP contribution in [0, 0.1) is 0 Å². The van der Waals surface area contributed by atoms with Crippen molar-refractivity contribution in [3.8, 4) is 5.75 Å². The van der Waals surface area contributed by atoms with Crippen LogP contribution in [0.5, 0.6) is 5.75 Å². The van der Waals surface area contributed by atoms with Gasteiger partial charge < -0.3 is 29.7 Å². The first-order valence-corrected chi connectivity index (χ1v) is 20.9. The maximum atomic E-state index is 12.5. The quantitative estimate of drug-likeness (QED) is 0.0189. The first-order valence-electron chi connectivity index (χ1n) is 13.6. The number of halogens is 1. The molecule has 0 saturated heterocycles. The number of phenols is 1. The molecule has 0 radical (unpaired) electrons. The molecule has 3 aromatic carbocycles. The second-order valence-electron chi connectivity index (χ2n) is 10.1. The number of benzene rings is 3. The maximum Gasteiger partial charge on any atom is 1.00 e. The zero-order valence-corrected chi connectivity index (χ0v) is 40.1. The predicted octanol–water partition coefficient (Wildman–Crippen LogP) is -7.11. The molecule has 4 rings (SSSR count). The standard InChI is InChI=1S/C25H24ClN7O15S5.3Na/c1-3-50(36,37)13-33(2)25-29-23(26)28-24(30-25)27-18-12-17(52(40,41)42)10-14-11-19(53(43,44)45)21(22(34)20(14)18)32-31-15-4-6-16(7-5-15)51(38,39)9-8-46-49-48-47-35;;;/h3-7,10-12,34-35H,1,8-9,13H2,2H3,(H,40,41,42)(H,43,44,45)(H,27,28,29,30);;;/q;3*+1/p-3. The van der Waals surface area contributed by atoms with Crippen molar-refractivity contribution in [2.45, 2.75) is 14.7 Å². The topological polar surface area (TPSA) is 332 Å². The van der Waals surface area contributed by atoms with Gasteiger partial charge in [0.25, 0.3) is 0 Å². The van der Waals surface area contributed by atoms with Gasteiger partial charge in [0.1, 0.15) is 31.8 Å². The van der Waals surface area contributed by atoms with Gasteiger partial charge >= 0.3 is 88.7 Å². The van der Waals surface area contributed by atoms with E-state index in [0.29, 0.717) is 23.6 Å². The first-order chi connectivity index (χ1) is 24.6. The van der Waals surface area contributed by atoms with Crippen molar-refractivity contribution < 1.29 is 155 Å². The van der Waals surface area contributed by atoms with Crippen LogP contribution in [-0.4, -0.2) is 88.1 Å². The Balaban J connectivity index is 0.00000523. The average Bonchev–Trinajstić information content (AvgIpc) is 3.06. The number of hydrogen-bond acceptors (Lipinski definition) is 23. The molecule has 0 fully saturated rings. The van der Waals surface area contributed by atoms with Crippen LogP contribution in [0.25, 0.3) is 10.8 Å². The molecule has 1 heterocycles. The van der Waals surface area contributed by atoms with Crippen LogP contribution in [-0.2, 0) is 53.5 Å². The molecule has 0 unspecified atom stereocenters. The van der Waals surface area contributed by atoms with Gasteiger partial charge in [-0.2, -0.15) is 20.1 Å². The summed E-state index contributed by atoms with van der Waals surface area (Å²) in [5.74, 6) is -3.08. The average molecular weight is 924 g/mol. The van der Waals surface area contributed by atoms with Crippen LogP contribution < -0.4 is 104 Å². The van der Waals surface area contributed by atoms with Crippen LogP contribution in [0.4, 0.5) is 29.0 Å². The zero-order chi connectivity index (χ0) is 39.4. The van der Waals surface area contributed by atoms with Crippen LogP contribution in [0.2, 0.25) is 5.28 Å². The summed E-state index contributed by atoms with van der Waals surface area (Å²) in [4.78, 5) is 10.3.